The Hall–Kier alpha value is -1.23. The zero-order valence-electron chi connectivity index (χ0n) is 5.72. The molecule has 0 N–H and O–H groups in total. The van der Waals surface area contributed by atoms with Crippen molar-refractivity contribution in [3.8, 4) is 0 Å². The molecule has 0 unspecified atom stereocenters. The van der Waals surface area contributed by atoms with Gasteiger partial charge in [-0.3, -0.25) is 10.1 Å². The van der Waals surface area contributed by atoms with E-state index in [1.54, 1.807) is 6.92 Å². The average Bonchev–Trinajstić information content (AvgIpc) is 1.88. The molecule has 0 amide bonds. The van der Waals surface area contributed by atoms with Gasteiger partial charge in [0.25, 0.3) is 0 Å². The van der Waals surface area contributed by atoms with E-state index in [0.717, 1.165) is 0 Å². The highest BCUT2D eigenvalue weighted by atomic mass is 35.5. The van der Waals surface area contributed by atoms with E-state index in [2.05, 4.69) is 9.97 Å². The zero-order chi connectivity index (χ0) is 7.56. The molecule has 1 rings (SSSR count). The first-order chi connectivity index (χ1) is 4.72. The Kier molecular flexibility index (Phi) is 3.39. The molecule has 11 heavy (non-hydrogen) atoms. The molecular weight excluding hydrogens is 170 g/mol. The first-order valence-electron chi connectivity index (χ1n) is 2.63. The summed E-state index contributed by atoms with van der Waals surface area (Å²) in [6, 6.07) is 0. The fraction of sp³-hybridized carbons (Fsp3) is 0.200. The normalized spacial score (nSPS) is 8.45. The van der Waals surface area contributed by atoms with E-state index < -0.39 is 4.92 Å². The monoisotopic (exact) mass is 175 g/mol. The van der Waals surface area contributed by atoms with Gasteiger partial charge in [0.2, 0.25) is 0 Å². The molecule has 0 atom stereocenters. The highest BCUT2D eigenvalue weighted by Gasteiger charge is 2.08. The summed E-state index contributed by atoms with van der Waals surface area (Å²) in [5.74, 6) is 0. The third-order valence-electron chi connectivity index (χ3n) is 1.08. The second-order valence-electron chi connectivity index (χ2n) is 1.75. The van der Waals surface area contributed by atoms with Gasteiger partial charge < -0.3 is 0 Å². The predicted molar refractivity (Wildman–Crippen MR) is 40.7 cm³/mol. The van der Waals surface area contributed by atoms with Gasteiger partial charge in [-0.1, -0.05) is 0 Å². The Morgan fingerprint density at radius 3 is 2.64 bits per heavy atom. The molecule has 0 fully saturated rings. The largest absolute Gasteiger partial charge is 0.308 e. The number of nitro groups is 1. The van der Waals surface area contributed by atoms with Crippen molar-refractivity contribution in [2.24, 2.45) is 0 Å². The second-order valence-corrected chi connectivity index (χ2v) is 1.75. The maximum Gasteiger partial charge on any atom is 0.308 e. The number of aromatic nitrogens is 2. The summed E-state index contributed by atoms with van der Waals surface area (Å²) in [5.41, 5.74) is 0.350. The van der Waals surface area contributed by atoms with E-state index >= 15 is 0 Å². The van der Waals surface area contributed by atoms with Crippen LogP contribution < -0.4 is 0 Å². The fourth-order valence-electron chi connectivity index (χ4n) is 0.563. The number of hydrogen-bond acceptors (Lipinski definition) is 4. The lowest BCUT2D eigenvalue weighted by molar-refractivity contribution is -0.386. The molecule has 0 saturated carbocycles. The molecule has 0 radical (unpaired) electrons. The maximum atomic E-state index is 10.1. The van der Waals surface area contributed by atoms with Crippen LogP contribution in [0.1, 0.15) is 5.69 Å². The number of hydrogen-bond donors (Lipinski definition) is 0. The SMILES string of the molecule is Cc1ncncc1[N+](=O)[O-].Cl. The third-order valence-corrected chi connectivity index (χ3v) is 1.08. The van der Waals surface area contributed by atoms with Gasteiger partial charge in [0.15, 0.2) is 0 Å². The van der Waals surface area contributed by atoms with Crippen LogP contribution in [0.3, 0.4) is 0 Å². The summed E-state index contributed by atoms with van der Waals surface area (Å²) in [7, 11) is 0. The van der Waals surface area contributed by atoms with Crippen LogP contribution in [0.2, 0.25) is 0 Å². The molecule has 0 aliphatic carbocycles. The van der Waals surface area contributed by atoms with Crippen molar-refractivity contribution in [1.29, 1.82) is 0 Å². The van der Waals surface area contributed by atoms with Gasteiger partial charge in [0.1, 0.15) is 18.2 Å². The van der Waals surface area contributed by atoms with E-state index in [4.69, 9.17) is 0 Å². The summed E-state index contributed by atoms with van der Waals surface area (Å²) < 4.78 is 0. The molecule has 0 aromatic carbocycles. The minimum absolute atomic E-state index is 0. The molecule has 0 saturated heterocycles. The van der Waals surface area contributed by atoms with E-state index in [1.165, 1.54) is 12.5 Å². The van der Waals surface area contributed by atoms with Crippen LogP contribution in [0.25, 0.3) is 0 Å². The quantitative estimate of drug-likeness (QED) is 0.474. The van der Waals surface area contributed by atoms with Gasteiger partial charge in [0.05, 0.1) is 4.92 Å². The van der Waals surface area contributed by atoms with Gasteiger partial charge in [-0.2, -0.15) is 0 Å². The van der Waals surface area contributed by atoms with E-state index in [0.29, 0.717) is 5.69 Å². The van der Waals surface area contributed by atoms with Gasteiger partial charge in [-0.25, -0.2) is 9.97 Å². The van der Waals surface area contributed by atoms with Crippen LogP contribution in [0.5, 0.6) is 0 Å². The van der Waals surface area contributed by atoms with Crippen LogP contribution in [-0.2, 0) is 0 Å². The molecule has 0 spiro atoms. The lowest BCUT2D eigenvalue weighted by Gasteiger charge is -1.91. The fourth-order valence-corrected chi connectivity index (χ4v) is 0.563. The van der Waals surface area contributed by atoms with Crippen LogP contribution in [0, 0.1) is 17.0 Å². The van der Waals surface area contributed by atoms with Gasteiger partial charge in [0, 0.05) is 0 Å². The molecule has 1 heterocycles. The summed E-state index contributed by atoms with van der Waals surface area (Å²) >= 11 is 0. The molecule has 6 heteroatoms. The number of nitrogens with zero attached hydrogens (tertiary/aromatic N) is 3. The molecule has 0 bridgehead atoms. The summed E-state index contributed by atoms with van der Waals surface area (Å²) in [5, 5.41) is 10.1. The number of rotatable bonds is 1. The summed E-state index contributed by atoms with van der Waals surface area (Å²) in [6.45, 7) is 1.57. The number of aryl methyl sites for hydroxylation is 1. The maximum absolute atomic E-state index is 10.1. The Labute approximate surface area is 69.0 Å². The minimum atomic E-state index is -0.505. The highest BCUT2D eigenvalue weighted by Crippen LogP contribution is 2.10. The molecule has 1 aromatic rings. The number of halogens is 1. The Morgan fingerprint density at radius 2 is 2.27 bits per heavy atom. The lowest BCUT2D eigenvalue weighted by atomic mass is 10.4. The smallest absolute Gasteiger partial charge is 0.258 e. The van der Waals surface area contributed by atoms with E-state index in [1.807, 2.05) is 0 Å². The second kappa shape index (κ2) is 3.82. The molecule has 5 nitrogen and oxygen atoms in total. The first-order valence-corrected chi connectivity index (χ1v) is 2.63. The molecule has 60 valence electrons. The topological polar surface area (TPSA) is 68.9 Å². The van der Waals surface area contributed by atoms with Crippen molar-refractivity contribution in [2.75, 3.05) is 0 Å². The Morgan fingerprint density at radius 1 is 1.64 bits per heavy atom. The van der Waals surface area contributed by atoms with E-state index in [-0.39, 0.29) is 18.1 Å². The molecule has 0 aliphatic heterocycles. The van der Waals surface area contributed by atoms with Crippen molar-refractivity contribution in [3.63, 3.8) is 0 Å². The van der Waals surface area contributed by atoms with Crippen molar-refractivity contribution in [1.82, 2.24) is 9.97 Å². The van der Waals surface area contributed by atoms with Crippen LogP contribution in [0.15, 0.2) is 12.5 Å². The van der Waals surface area contributed by atoms with Crippen LogP contribution >= 0.6 is 12.4 Å². The van der Waals surface area contributed by atoms with Crippen LogP contribution in [-0.4, -0.2) is 14.9 Å². The zero-order valence-corrected chi connectivity index (χ0v) is 6.54. The summed E-state index contributed by atoms with van der Waals surface area (Å²) in [4.78, 5) is 16.8. The van der Waals surface area contributed by atoms with Gasteiger partial charge >= 0.3 is 5.69 Å². The first kappa shape index (κ1) is 9.77. The predicted octanol–water partition coefficient (Wildman–Crippen LogP) is 1.12. The standard InChI is InChI=1S/C5H5N3O2.ClH/c1-4-5(8(9)10)2-6-3-7-4;/h2-3H,1H3;1H. The highest BCUT2D eigenvalue weighted by molar-refractivity contribution is 5.85. The average molecular weight is 176 g/mol. The minimum Gasteiger partial charge on any atom is -0.258 e. The van der Waals surface area contributed by atoms with Gasteiger partial charge in [-0.15, -0.1) is 12.4 Å². The molecule has 0 aliphatic rings. The third kappa shape index (κ3) is 2.12. The lowest BCUT2D eigenvalue weighted by Crippen LogP contribution is -1.94. The Balaban J connectivity index is 0.000001000. The summed E-state index contributed by atoms with van der Waals surface area (Å²) in [6.07, 6.45) is 2.46. The van der Waals surface area contributed by atoms with Crippen molar-refractivity contribution < 1.29 is 4.92 Å². The van der Waals surface area contributed by atoms with Crippen molar-refractivity contribution >= 4 is 18.1 Å². The molecule has 1 aromatic heterocycles. The Bertz CT molecular complexity index is 266. The molecular formula is C5H6ClN3O2. The van der Waals surface area contributed by atoms with Crippen LogP contribution in [0.4, 0.5) is 5.69 Å². The van der Waals surface area contributed by atoms with E-state index in [9.17, 15) is 10.1 Å². The van der Waals surface area contributed by atoms with Gasteiger partial charge in [-0.05, 0) is 6.92 Å². The van der Waals surface area contributed by atoms with Crippen molar-refractivity contribution in [2.45, 2.75) is 6.92 Å². The van der Waals surface area contributed by atoms with Crippen molar-refractivity contribution in [3.05, 3.63) is 28.3 Å².